The summed E-state index contributed by atoms with van der Waals surface area (Å²) < 4.78 is 2.26. The summed E-state index contributed by atoms with van der Waals surface area (Å²) in [6.45, 7) is 4.80. The van der Waals surface area contributed by atoms with Crippen LogP contribution in [-0.2, 0) is 16.1 Å². The van der Waals surface area contributed by atoms with Crippen LogP contribution in [0.2, 0.25) is 0 Å². The zero-order valence-corrected chi connectivity index (χ0v) is 19.8. The van der Waals surface area contributed by atoms with Gasteiger partial charge in [0.15, 0.2) is 0 Å². The van der Waals surface area contributed by atoms with Gasteiger partial charge in [-0.05, 0) is 50.1 Å². The fourth-order valence-electron chi connectivity index (χ4n) is 4.96. The third kappa shape index (κ3) is 4.14. The van der Waals surface area contributed by atoms with Crippen LogP contribution in [-0.4, -0.2) is 33.4 Å². The van der Waals surface area contributed by atoms with Gasteiger partial charge in [-0.25, -0.2) is 4.79 Å². The third-order valence-electron chi connectivity index (χ3n) is 6.75. The molecule has 1 saturated heterocycles. The van der Waals surface area contributed by atoms with Gasteiger partial charge in [0, 0.05) is 40.5 Å². The van der Waals surface area contributed by atoms with E-state index in [1.165, 1.54) is 10.4 Å². The number of imide groups is 1. The second-order valence-electron chi connectivity index (χ2n) is 8.88. The largest absolute Gasteiger partial charge is 0.341 e. The van der Waals surface area contributed by atoms with Crippen LogP contribution in [0.15, 0.2) is 72.8 Å². The third-order valence-corrected chi connectivity index (χ3v) is 6.75. The molecule has 3 aromatic carbocycles. The minimum Gasteiger partial charge on any atom is -0.341 e. The van der Waals surface area contributed by atoms with E-state index in [4.69, 9.17) is 0 Å². The number of urea groups is 1. The van der Waals surface area contributed by atoms with Gasteiger partial charge in [0.2, 0.25) is 5.91 Å². The Balaban J connectivity index is 1.25. The molecule has 0 bridgehead atoms. The van der Waals surface area contributed by atoms with E-state index < -0.39 is 12.1 Å². The molecule has 4 amide bonds. The highest BCUT2D eigenvalue weighted by Gasteiger charge is 2.40. The quantitative estimate of drug-likeness (QED) is 0.365. The summed E-state index contributed by atoms with van der Waals surface area (Å²) in [4.78, 5) is 39.4. The first-order valence-corrected chi connectivity index (χ1v) is 12.0. The molecule has 35 heavy (non-hydrogen) atoms. The Hall–Kier alpha value is -4.13. The Bertz CT molecular complexity index is 1430. The fourth-order valence-corrected chi connectivity index (χ4v) is 4.96. The molecule has 2 heterocycles. The number of hydrogen-bond donors (Lipinski definition) is 2. The molecule has 1 aliphatic heterocycles. The topological polar surface area (TPSA) is 83.4 Å². The number of benzene rings is 3. The summed E-state index contributed by atoms with van der Waals surface area (Å²) in [6.07, 6.45) is 0.366. The Kier molecular flexibility index (Phi) is 5.99. The number of nitrogens with one attached hydrogen (secondary N) is 2. The predicted molar refractivity (Wildman–Crippen MR) is 137 cm³/mol. The zero-order chi connectivity index (χ0) is 24.5. The molecule has 1 aliphatic rings. The van der Waals surface area contributed by atoms with Crippen molar-refractivity contribution in [1.82, 2.24) is 14.8 Å². The first kappa shape index (κ1) is 22.7. The summed E-state index contributed by atoms with van der Waals surface area (Å²) in [5.41, 5.74) is 3.88. The van der Waals surface area contributed by atoms with Crippen molar-refractivity contribution in [3.05, 3.63) is 78.4 Å². The Morgan fingerprint density at radius 1 is 0.971 bits per heavy atom. The maximum atomic E-state index is 12.9. The van der Waals surface area contributed by atoms with Crippen molar-refractivity contribution >= 4 is 45.3 Å². The number of amides is 4. The number of para-hydroxylation sites is 1. The van der Waals surface area contributed by atoms with Gasteiger partial charge >= 0.3 is 6.03 Å². The molecule has 1 aromatic heterocycles. The van der Waals surface area contributed by atoms with E-state index in [-0.39, 0.29) is 30.7 Å². The van der Waals surface area contributed by atoms with E-state index in [0.717, 1.165) is 28.4 Å². The van der Waals surface area contributed by atoms with Crippen LogP contribution in [0.25, 0.3) is 21.8 Å². The van der Waals surface area contributed by atoms with Crippen molar-refractivity contribution in [2.24, 2.45) is 0 Å². The van der Waals surface area contributed by atoms with Gasteiger partial charge in [0.1, 0.15) is 6.04 Å². The lowest BCUT2D eigenvalue weighted by Gasteiger charge is -2.21. The van der Waals surface area contributed by atoms with Gasteiger partial charge in [-0.1, -0.05) is 48.5 Å². The van der Waals surface area contributed by atoms with Crippen LogP contribution in [0, 0.1) is 0 Å². The molecule has 2 atom stereocenters. The molecule has 2 N–H and O–H groups in total. The molecule has 0 radical (unpaired) electrons. The number of fused-ring (bicyclic) bond motifs is 3. The summed E-state index contributed by atoms with van der Waals surface area (Å²) in [5, 5.41) is 7.91. The van der Waals surface area contributed by atoms with Gasteiger partial charge in [-0.3, -0.25) is 14.5 Å². The molecule has 0 saturated carbocycles. The number of hydrogen-bond acceptors (Lipinski definition) is 3. The van der Waals surface area contributed by atoms with Crippen LogP contribution in [0.4, 0.5) is 10.5 Å². The minimum atomic E-state index is -0.704. The predicted octanol–water partition coefficient (Wildman–Crippen LogP) is 5.21. The maximum Gasteiger partial charge on any atom is 0.325 e. The molecule has 5 rings (SSSR count). The molecule has 4 aromatic rings. The van der Waals surface area contributed by atoms with E-state index in [9.17, 15) is 14.4 Å². The second kappa shape index (κ2) is 9.25. The lowest BCUT2D eigenvalue weighted by atomic mass is 10.1. The summed E-state index contributed by atoms with van der Waals surface area (Å²) in [7, 11) is 0. The van der Waals surface area contributed by atoms with E-state index in [2.05, 4.69) is 34.3 Å². The SMILES string of the molecule is CCn1c2ccccc2c2cc(NC(=O)CC[C@@H]3NC(=O)N([C@@H](C)c4ccccc4)C3=O)ccc21. The van der Waals surface area contributed by atoms with Gasteiger partial charge in [0.05, 0.1) is 6.04 Å². The van der Waals surface area contributed by atoms with Gasteiger partial charge in [0.25, 0.3) is 5.91 Å². The van der Waals surface area contributed by atoms with Crippen LogP contribution in [0.5, 0.6) is 0 Å². The Morgan fingerprint density at radius 3 is 2.46 bits per heavy atom. The molecule has 0 aliphatic carbocycles. The minimum absolute atomic E-state index is 0.124. The van der Waals surface area contributed by atoms with E-state index in [0.29, 0.717) is 5.69 Å². The lowest BCUT2D eigenvalue weighted by Crippen LogP contribution is -2.34. The summed E-state index contributed by atoms with van der Waals surface area (Å²) in [6, 6.07) is 22.1. The fraction of sp³-hybridized carbons (Fsp3) is 0.250. The molecule has 7 heteroatoms. The van der Waals surface area contributed by atoms with Crippen molar-refractivity contribution < 1.29 is 14.4 Å². The zero-order valence-electron chi connectivity index (χ0n) is 19.8. The first-order chi connectivity index (χ1) is 17.0. The standard InChI is InChI=1S/C28H28N4O3/c1-3-31-24-12-8-7-11-21(24)22-17-20(13-15-25(22)31)29-26(33)16-14-23-27(34)32(28(35)30-23)18(2)19-9-5-4-6-10-19/h4-13,15,17-18,23H,3,14,16H2,1-2H3,(H,29,33)(H,30,35)/t18-,23-/m0/s1. The highest BCUT2D eigenvalue weighted by atomic mass is 16.2. The number of aryl methyl sites for hydroxylation is 1. The molecule has 0 unspecified atom stereocenters. The normalized spacial score (nSPS) is 16.6. The number of nitrogens with zero attached hydrogens (tertiary/aromatic N) is 2. The van der Waals surface area contributed by atoms with Crippen molar-refractivity contribution in [3.8, 4) is 0 Å². The maximum absolute atomic E-state index is 12.9. The van der Waals surface area contributed by atoms with Gasteiger partial charge in [-0.15, -0.1) is 0 Å². The van der Waals surface area contributed by atoms with Crippen LogP contribution in [0.1, 0.15) is 38.3 Å². The Labute approximate surface area is 203 Å². The van der Waals surface area contributed by atoms with Crippen LogP contribution < -0.4 is 10.6 Å². The number of aromatic nitrogens is 1. The number of carbonyl (C=O) groups excluding carboxylic acids is 3. The highest BCUT2D eigenvalue weighted by Crippen LogP contribution is 2.31. The second-order valence-corrected chi connectivity index (χ2v) is 8.88. The van der Waals surface area contributed by atoms with Crippen LogP contribution in [0.3, 0.4) is 0 Å². The molecular formula is C28H28N4O3. The van der Waals surface area contributed by atoms with E-state index >= 15 is 0 Å². The number of carbonyl (C=O) groups is 3. The highest BCUT2D eigenvalue weighted by molar-refractivity contribution is 6.10. The Morgan fingerprint density at radius 2 is 1.69 bits per heavy atom. The van der Waals surface area contributed by atoms with Gasteiger partial charge in [-0.2, -0.15) is 0 Å². The average Bonchev–Trinajstić information content (AvgIpc) is 3.35. The van der Waals surface area contributed by atoms with Crippen molar-refractivity contribution in [2.45, 2.75) is 45.3 Å². The van der Waals surface area contributed by atoms with Crippen molar-refractivity contribution in [2.75, 3.05) is 5.32 Å². The monoisotopic (exact) mass is 468 g/mol. The van der Waals surface area contributed by atoms with Crippen molar-refractivity contribution in [1.29, 1.82) is 0 Å². The van der Waals surface area contributed by atoms with E-state index in [1.807, 2.05) is 67.6 Å². The number of anilines is 1. The number of rotatable bonds is 7. The van der Waals surface area contributed by atoms with E-state index in [1.54, 1.807) is 0 Å². The molecule has 178 valence electrons. The van der Waals surface area contributed by atoms with Crippen LogP contribution >= 0.6 is 0 Å². The molecule has 0 spiro atoms. The van der Waals surface area contributed by atoms with Gasteiger partial charge < -0.3 is 15.2 Å². The first-order valence-electron chi connectivity index (χ1n) is 12.0. The van der Waals surface area contributed by atoms with Crippen molar-refractivity contribution in [3.63, 3.8) is 0 Å². The smallest absolute Gasteiger partial charge is 0.325 e. The molecule has 7 nitrogen and oxygen atoms in total. The summed E-state index contributed by atoms with van der Waals surface area (Å²) >= 11 is 0. The average molecular weight is 469 g/mol. The molecular weight excluding hydrogens is 440 g/mol. The summed E-state index contributed by atoms with van der Waals surface area (Å²) in [5.74, 6) is -0.492. The lowest BCUT2D eigenvalue weighted by molar-refractivity contribution is -0.129. The molecule has 1 fully saturated rings.